The van der Waals surface area contributed by atoms with Crippen LogP contribution in [-0.2, 0) is 33.8 Å². The Morgan fingerprint density at radius 1 is 1.07 bits per heavy atom. The third-order valence-corrected chi connectivity index (χ3v) is 5.12. The van der Waals surface area contributed by atoms with Crippen LogP contribution in [0.15, 0.2) is 42.5 Å². The van der Waals surface area contributed by atoms with Crippen molar-refractivity contribution in [2.45, 2.75) is 19.1 Å². The van der Waals surface area contributed by atoms with Gasteiger partial charge in [0.05, 0.1) is 5.56 Å². The monoisotopic (exact) mass is 413 g/mol. The summed E-state index contributed by atoms with van der Waals surface area (Å²) in [5.41, 5.74) is 1.08. The molecule has 0 radical (unpaired) electrons. The average Bonchev–Trinajstić information content (AvgIpc) is 2.59. The molecule has 3 rings (SSSR count). The number of ether oxygens (including phenoxy) is 1. The lowest BCUT2D eigenvalue weighted by atomic mass is 9.99. The highest BCUT2D eigenvalue weighted by Crippen LogP contribution is 2.32. The molecule has 150 valence electrons. The van der Waals surface area contributed by atoms with Gasteiger partial charge in [0.15, 0.2) is 9.84 Å². The minimum Gasteiger partial charge on any atom is -0.457 e. The van der Waals surface area contributed by atoms with Crippen molar-refractivity contribution in [2.24, 2.45) is 0 Å². The van der Waals surface area contributed by atoms with E-state index in [1.54, 1.807) is 12.1 Å². The Labute approximate surface area is 160 Å². The molecule has 0 aliphatic carbocycles. The normalized spacial score (nSPS) is 14.5. The van der Waals surface area contributed by atoms with Crippen molar-refractivity contribution in [1.29, 1.82) is 0 Å². The van der Waals surface area contributed by atoms with Crippen LogP contribution in [-0.4, -0.2) is 37.8 Å². The van der Waals surface area contributed by atoms with Gasteiger partial charge in [-0.2, -0.15) is 13.2 Å². The van der Waals surface area contributed by atoms with Crippen LogP contribution < -0.4 is 4.74 Å². The van der Waals surface area contributed by atoms with Gasteiger partial charge in [0, 0.05) is 19.3 Å². The van der Waals surface area contributed by atoms with Gasteiger partial charge in [-0.05, 0) is 53.9 Å². The topological polar surface area (TPSA) is 63.7 Å². The second kappa shape index (κ2) is 7.46. The number of amides is 1. The first-order chi connectivity index (χ1) is 13.0. The van der Waals surface area contributed by atoms with E-state index in [4.69, 9.17) is 4.74 Å². The van der Waals surface area contributed by atoms with Gasteiger partial charge in [0.1, 0.15) is 17.3 Å². The van der Waals surface area contributed by atoms with Crippen LogP contribution in [0.25, 0.3) is 0 Å². The number of halogens is 3. The van der Waals surface area contributed by atoms with Crippen LogP contribution in [0, 0.1) is 0 Å². The molecule has 5 nitrogen and oxygen atoms in total. The Morgan fingerprint density at radius 3 is 2.32 bits per heavy atom. The third kappa shape index (κ3) is 5.03. The van der Waals surface area contributed by atoms with E-state index in [0.717, 1.165) is 29.5 Å². The lowest BCUT2D eigenvalue weighted by molar-refractivity contribution is -0.137. The van der Waals surface area contributed by atoms with Crippen molar-refractivity contribution < 1.29 is 31.1 Å². The zero-order chi connectivity index (χ0) is 20.5. The summed E-state index contributed by atoms with van der Waals surface area (Å²) in [6, 6.07) is 9.64. The van der Waals surface area contributed by atoms with E-state index in [0.29, 0.717) is 18.7 Å². The molecule has 1 aliphatic rings. The van der Waals surface area contributed by atoms with Gasteiger partial charge in [0.25, 0.3) is 0 Å². The van der Waals surface area contributed by atoms with Gasteiger partial charge in [-0.1, -0.05) is 6.07 Å². The van der Waals surface area contributed by atoms with Crippen LogP contribution in [0.3, 0.4) is 0 Å². The van der Waals surface area contributed by atoms with Crippen LogP contribution >= 0.6 is 0 Å². The van der Waals surface area contributed by atoms with Crippen LogP contribution in [0.2, 0.25) is 0 Å². The number of hydrogen-bond donors (Lipinski definition) is 0. The summed E-state index contributed by atoms with van der Waals surface area (Å²) in [5, 5.41) is 0. The molecule has 0 unspecified atom stereocenters. The summed E-state index contributed by atoms with van der Waals surface area (Å²) in [6.07, 6.45) is -2.81. The molecule has 1 amide bonds. The molecular formula is C19H18F3NO4S. The van der Waals surface area contributed by atoms with E-state index in [9.17, 15) is 26.4 Å². The summed E-state index contributed by atoms with van der Waals surface area (Å²) in [4.78, 5) is 13.6. The minimum absolute atomic E-state index is 0.258. The Bertz CT molecular complexity index is 985. The molecule has 0 spiro atoms. The number of fused-ring (bicyclic) bond motifs is 1. The second-order valence-corrected chi connectivity index (χ2v) is 8.83. The Balaban J connectivity index is 1.73. The van der Waals surface area contributed by atoms with Crippen molar-refractivity contribution in [3.05, 3.63) is 59.2 Å². The maximum atomic E-state index is 12.6. The SMILES string of the molecule is CS(=O)(=O)CC(=O)N1CCc2ccc(Oc3ccc(C(F)(F)F)cc3)cc2C1. The van der Waals surface area contributed by atoms with E-state index >= 15 is 0 Å². The van der Waals surface area contributed by atoms with E-state index in [-0.39, 0.29) is 12.3 Å². The molecule has 0 N–H and O–H groups in total. The summed E-state index contributed by atoms with van der Waals surface area (Å²) in [5.74, 6) is -0.309. The van der Waals surface area contributed by atoms with E-state index in [2.05, 4.69) is 0 Å². The highest BCUT2D eigenvalue weighted by molar-refractivity contribution is 7.91. The van der Waals surface area contributed by atoms with Crippen molar-refractivity contribution in [3.63, 3.8) is 0 Å². The second-order valence-electron chi connectivity index (χ2n) is 6.69. The first-order valence-electron chi connectivity index (χ1n) is 8.44. The Morgan fingerprint density at radius 2 is 1.71 bits per heavy atom. The largest absolute Gasteiger partial charge is 0.457 e. The lowest BCUT2D eigenvalue weighted by Gasteiger charge is -2.29. The zero-order valence-electron chi connectivity index (χ0n) is 15.0. The Hall–Kier alpha value is -2.55. The number of alkyl halides is 3. The number of carbonyl (C=O) groups is 1. The molecule has 1 aliphatic heterocycles. The molecule has 0 aromatic heterocycles. The van der Waals surface area contributed by atoms with Gasteiger partial charge >= 0.3 is 6.18 Å². The number of hydrogen-bond acceptors (Lipinski definition) is 4. The lowest BCUT2D eigenvalue weighted by Crippen LogP contribution is -2.39. The molecule has 1 heterocycles. The van der Waals surface area contributed by atoms with Crippen LogP contribution in [0.1, 0.15) is 16.7 Å². The maximum absolute atomic E-state index is 12.6. The first-order valence-corrected chi connectivity index (χ1v) is 10.5. The van der Waals surface area contributed by atoms with Crippen molar-refractivity contribution in [2.75, 3.05) is 18.6 Å². The van der Waals surface area contributed by atoms with Crippen LogP contribution in [0.4, 0.5) is 13.2 Å². The van der Waals surface area contributed by atoms with E-state index in [1.165, 1.54) is 17.0 Å². The average molecular weight is 413 g/mol. The Kier molecular flexibility index (Phi) is 5.38. The summed E-state index contributed by atoms with van der Waals surface area (Å²) in [7, 11) is -3.41. The fourth-order valence-corrected chi connectivity index (χ4v) is 3.60. The van der Waals surface area contributed by atoms with Gasteiger partial charge in [0.2, 0.25) is 5.91 Å². The summed E-state index contributed by atoms with van der Waals surface area (Å²) < 4.78 is 66.2. The molecule has 9 heteroatoms. The summed E-state index contributed by atoms with van der Waals surface area (Å²) in [6.45, 7) is 0.689. The van der Waals surface area contributed by atoms with Crippen molar-refractivity contribution in [1.82, 2.24) is 4.90 Å². The molecule has 0 bridgehead atoms. The molecular weight excluding hydrogens is 395 g/mol. The predicted octanol–water partition coefficient (Wildman–Crippen LogP) is 3.43. The predicted molar refractivity (Wildman–Crippen MR) is 96.8 cm³/mol. The fourth-order valence-electron chi connectivity index (χ4n) is 2.97. The van der Waals surface area contributed by atoms with Gasteiger partial charge in [-0.3, -0.25) is 4.79 Å². The number of sulfone groups is 1. The van der Waals surface area contributed by atoms with Gasteiger partial charge in [-0.15, -0.1) is 0 Å². The van der Waals surface area contributed by atoms with Crippen molar-refractivity contribution >= 4 is 15.7 Å². The quantitative estimate of drug-likeness (QED) is 0.771. The number of nitrogens with zero attached hydrogens (tertiary/aromatic N) is 1. The zero-order valence-corrected chi connectivity index (χ0v) is 15.8. The highest BCUT2D eigenvalue weighted by atomic mass is 32.2. The molecule has 0 saturated heterocycles. The number of rotatable bonds is 4. The molecule has 0 saturated carbocycles. The molecule has 2 aromatic rings. The van der Waals surface area contributed by atoms with E-state index in [1.807, 2.05) is 6.07 Å². The number of benzene rings is 2. The minimum atomic E-state index is -4.41. The molecule has 28 heavy (non-hydrogen) atoms. The highest BCUT2D eigenvalue weighted by Gasteiger charge is 2.30. The summed E-state index contributed by atoms with van der Waals surface area (Å²) >= 11 is 0. The molecule has 0 fully saturated rings. The fraction of sp³-hybridized carbons (Fsp3) is 0.316. The van der Waals surface area contributed by atoms with E-state index < -0.39 is 33.2 Å². The first kappa shape index (κ1) is 20.2. The standard InChI is InChI=1S/C19H18F3NO4S/c1-28(25,26)12-18(24)23-9-8-13-2-5-17(10-14(13)11-23)27-16-6-3-15(4-7-16)19(20,21)22/h2-7,10H,8-9,11-12H2,1H3. The number of carbonyl (C=O) groups excluding carboxylic acids is 1. The van der Waals surface area contributed by atoms with Crippen LogP contribution in [0.5, 0.6) is 11.5 Å². The molecule has 2 aromatic carbocycles. The third-order valence-electron chi connectivity index (χ3n) is 4.35. The van der Waals surface area contributed by atoms with Gasteiger partial charge in [-0.25, -0.2) is 8.42 Å². The smallest absolute Gasteiger partial charge is 0.416 e. The molecule has 0 atom stereocenters. The van der Waals surface area contributed by atoms with Gasteiger partial charge < -0.3 is 9.64 Å². The maximum Gasteiger partial charge on any atom is 0.416 e. The van der Waals surface area contributed by atoms with Crippen molar-refractivity contribution in [3.8, 4) is 11.5 Å².